The number of carbonyl (C=O) groups excluding carboxylic acids is 1. The first-order valence-corrected chi connectivity index (χ1v) is 8.65. The van der Waals surface area contributed by atoms with Crippen molar-refractivity contribution in [1.29, 1.82) is 0 Å². The van der Waals surface area contributed by atoms with Crippen molar-refractivity contribution in [2.24, 2.45) is 11.1 Å². The Balaban J connectivity index is 1.78. The Kier molecular flexibility index (Phi) is 5.36. The Morgan fingerprint density at radius 3 is 2.80 bits per heavy atom. The Morgan fingerprint density at radius 2 is 2.15 bits per heavy atom. The Hall–Kier alpha value is -0.700. The maximum atomic E-state index is 12.2. The van der Waals surface area contributed by atoms with Crippen LogP contribution in [-0.2, 0) is 19.7 Å². The van der Waals surface area contributed by atoms with Crippen molar-refractivity contribution in [2.75, 3.05) is 26.2 Å². The summed E-state index contributed by atoms with van der Waals surface area (Å²) < 4.78 is 29.6. The lowest BCUT2D eigenvalue weighted by molar-refractivity contribution is -0.135. The van der Waals surface area contributed by atoms with Gasteiger partial charge in [-0.05, 0) is 31.6 Å². The van der Waals surface area contributed by atoms with E-state index in [4.69, 9.17) is 9.88 Å². The number of nitrogens with one attached hydrogen (secondary N) is 1. The van der Waals surface area contributed by atoms with E-state index in [1.165, 1.54) is 0 Å². The van der Waals surface area contributed by atoms with Crippen LogP contribution >= 0.6 is 0 Å². The van der Waals surface area contributed by atoms with Crippen LogP contribution in [0.25, 0.3) is 0 Å². The summed E-state index contributed by atoms with van der Waals surface area (Å²) in [5, 5.41) is 4.92. The zero-order chi connectivity index (χ0) is 14.6. The van der Waals surface area contributed by atoms with Gasteiger partial charge in [-0.1, -0.05) is 0 Å². The average molecular weight is 305 g/mol. The maximum absolute atomic E-state index is 12.2. The fraction of sp³-hybridized carbons (Fsp3) is 0.917. The molecule has 2 rings (SSSR count). The van der Waals surface area contributed by atoms with E-state index in [2.05, 4.69) is 4.72 Å². The molecule has 7 nitrogen and oxygen atoms in total. The highest BCUT2D eigenvalue weighted by Crippen LogP contribution is 2.20. The molecule has 2 aliphatic heterocycles. The monoisotopic (exact) mass is 305 g/mol. The van der Waals surface area contributed by atoms with Crippen LogP contribution in [-0.4, -0.2) is 51.6 Å². The number of nitrogens with zero attached hydrogens (tertiary/aromatic N) is 1. The molecule has 1 amide bonds. The highest BCUT2D eigenvalue weighted by molar-refractivity contribution is 7.87. The summed E-state index contributed by atoms with van der Waals surface area (Å²) in [7, 11) is -3.65. The van der Waals surface area contributed by atoms with Crippen LogP contribution < -0.4 is 9.86 Å². The van der Waals surface area contributed by atoms with Crippen molar-refractivity contribution < 1.29 is 17.9 Å². The van der Waals surface area contributed by atoms with E-state index in [1.807, 2.05) is 4.90 Å². The second-order valence-electron chi connectivity index (χ2n) is 5.58. The van der Waals surface area contributed by atoms with Crippen molar-refractivity contribution in [3.8, 4) is 0 Å². The molecule has 0 bridgehead atoms. The number of carbonyl (C=O) groups is 1. The van der Waals surface area contributed by atoms with Crippen LogP contribution in [0, 0.1) is 5.92 Å². The molecule has 3 N–H and O–H groups in total. The first-order chi connectivity index (χ1) is 9.44. The van der Waals surface area contributed by atoms with E-state index in [-0.39, 0.29) is 17.9 Å². The number of rotatable bonds is 5. The van der Waals surface area contributed by atoms with Gasteiger partial charge in [0.1, 0.15) is 0 Å². The zero-order valence-corrected chi connectivity index (χ0v) is 12.4. The normalized spacial score (nSPS) is 27.8. The second-order valence-corrected chi connectivity index (χ2v) is 6.96. The summed E-state index contributed by atoms with van der Waals surface area (Å²) in [5.41, 5.74) is 0. The van der Waals surface area contributed by atoms with Crippen LogP contribution in [0.1, 0.15) is 32.1 Å². The minimum absolute atomic E-state index is 0.0606. The van der Waals surface area contributed by atoms with E-state index in [1.54, 1.807) is 0 Å². The standard InChI is InChI=1S/C12H23N3O4S/c13-20(17,18)14-8-10-3-1-5-15(9-10)12(16)7-11-4-2-6-19-11/h10-11,14H,1-9H2,(H2,13,17,18). The van der Waals surface area contributed by atoms with E-state index >= 15 is 0 Å². The SMILES string of the molecule is NS(=O)(=O)NCC1CCCN(C(=O)CC2CCCO2)C1. The van der Waals surface area contributed by atoms with Crippen molar-refractivity contribution in [2.45, 2.75) is 38.2 Å². The Bertz CT molecular complexity index is 434. The van der Waals surface area contributed by atoms with Crippen molar-refractivity contribution in [1.82, 2.24) is 9.62 Å². The molecule has 2 atom stereocenters. The van der Waals surface area contributed by atoms with Gasteiger partial charge in [-0.15, -0.1) is 0 Å². The molecule has 2 saturated heterocycles. The lowest BCUT2D eigenvalue weighted by atomic mass is 9.98. The van der Waals surface area contributed by atoms with E-state index in [9.17, 15) is 13.2 Å². The Morgan fingerprint density at radius 1 is 1.35 bits per heavy atom. The molecule has 0 aromatic carbocycles. The predicted octanol–water partition coefficient (Wildman–Crippen LogP) is -0.413. The van der Waals surface area contributed by atoms with Gasteiger partial charge in [-0.2, -0.15) is 8.42 Å². The summed E-state index contributed by atoms with van der Waals surface area (Å²) in [6, 6.07) is 0. The van der Waals surface area contributed by atoms with Gasteiger partial charge in [-0.25, -0.2) is 9.86 Å². The summed E-state index contributed by atoms with van der Waals surface area (Å²) >= 11 is 0. The molecular weight excluding hydrogens is 282 g/mol. The van der Waals surface area contributed by atoms with Gasteiger partial charge in [0, 0.05) is 26.2 Å². The van der Waals surface area contributed by atoms with Gasteiger partial charge in [0.05, 0.1) is 12.5 Å². The number of hydrogen-bond donors (Lipinski definition) is 2. The molecule has 2 fully saturated rings. The number of amides is 1. The molecule has 0 aromatic rings. The molecule has 0 aromatic heterocycles. The molecule has 8 heteroatoms. The molecule has 2 aliphatic rings. The van der Waals surface area contributed by atoms with Gasteiger partial charge in [0.2, 0.25) is 5.91 Å². The largest absolute Gasteiger partial charge is 0.378 e. The van der Waals surface area contributed by atoms with Crippen LogP contribution in [0.3, 0.4) is 0 Å². The first-order valence-electron chi connectivity index (χ1n) is 7.11. The van der Waals surface area contributed by atoms with Gasteiger partial charge in [0.25, 0.3) is 10.2 Å². The zero-order valence-electron chi connectivity index (χ0n) is 11.6. The summed E-state index contributed by atoms with van der Waals surface area (Å²) in [4.78, 5) is 14.0. The molecule has 0 radical (unpaired) electrons. The number of nitrogens with two attached hydrogens (primary N) is 1. The van der Waals surface area contributed by atoms with Gasteiger partial charge in [-0.3, -0.25) is 4.79 Å². The molecule has 2 unspecified atom stereocenters. The minimum Gasteiger partial charge on any atom is -0.378 e. The van der Waals surface area contributed by atoms with Crippen molar-refractivity contribution in [3.63, 3.8) is 0 Å². The molecule has 2 heterocycles. The van der Waals surface area contributed by atoms with Gasteiger partial charge >= 0.3 is 0 Å². The summed E-state index contributed by atoms with van der Waals surface area (Å²) in [6.07, 6.45) is 4.29. The molecule has 116 valence electrons. The highest BCUT2D eigenvalue weighted by atomic mass is 32.2. The van der Waals surface area contributed by atoms with Crippen molar-refractivity contribution in [3.05, 3.63) is 0 Å². The fourth-order valence-electron chi connectivity index (χ4n) is 2.82. The topological polar surface area (TPSA) is 102 Å². The lowest BCUT2D eigenvalue weighted by Crippen LogP contribution is -2.45. The van der Waals surface area contributed by atoms with Crippen LogP contribution in [0.2, 0.25) is 0 Å². The third kappa shape index (κ3) is 5.01. The lowest BCUT2D eigenvalue weighted by Gasteiger charge is -2.33. The van der Waals surface area contributed by atoms with E-state index in [0.29, 0.717) is 19.5 Å². The fourth-order valence-corrected chi connectivity index (χ4v) is 3.29. The number of likely N-dealkylation sites (tertiary alicyclic amines) is 1. The molecule has 20 heavy (non-hydrogen) atoms. The number of piperidine rings is 1. The summed E-state index contributed by atoms with van der Waals surface area (Å²) in [5.74, 6) is 0.243. The third-order valence-corrected chi connectivity index (χ3v) is 4.44. The highest BCUT2D eigenvalue weighted by Gasteiger charge is 2.27. The molecule has 0 saturated carbocycles. The summed E-state index contributed by atoms with van der Waals surface area (Å²) in [6.45, 7) is 2.38. The quantitative estimate of drug-likeness (QED) is 0.720. The van der Waals surface area contributed by atoms with Crippen LogP contribution in [0.4, 0.5) is 0 Å². The van der Waals surface area contributed by atoms with E-state index in [0.717, 1.165) is 38.8 Å². The Labute approximate surface area is 120 Å². The first kappa shape index (κ1) is 15.7. The minimum atomic E-state index is -3.65. The molecule has 0 spiro atoms. The third-order valence-electron chi connectivity index (χ3n) is 3.87. The average Bonchev–Trinajstić information content (AvgIpc) is 2.89. The van der Waals surface area contributed by atoms with E-state index < -0.39 is 10.2 Å². The second kappa shape index (κ2) is 6.84. The maximum Gasteiger partial charge on any atom is 0.274 e. The van der Waals surface area contributed by atoms with Gasteiger partial charge < -0.3 is 9.64 Å². The van der Waals surface area contributed by atoms with Gasteiger partial charge in [0.15, 0.2) is 0 Å². The molecule has 0 aliphatic carbocycles. The number of ether oxygens (including phenoxy) is 1. The van der Waals surface area contributed by atoms with Crippen LogP contribution in [0.5, 0.6) is 0 Å². The smallest absolute Gasteiger partial charge is 0.274 e. The molecular formula is C12H23N3O4S. The van der Waals surface area contributed by atoms with Crippen LogP contribution in [0.15, 0.2) is 0 Å². The van der Waals surface area contributed by atoms with Crippen molar-refractivity contribution >= 4 is 16.1 Å². The predicted molar refractivity (Wildman–Crippen MR) is 74.0 cm³/mol. The number of hydrogen-bond acceptors (Lipinski definition) is 4.